The van der Waals surface area contributed by atoms with E-state index < -0.39 is 17.6 Å². The molecule has 3 aromatic rings. The van der Waals surface area contributed by atoms with Gasteiger partial charge in [-0.1, -0.05) is 18.2 Å². The maximum Gasteiger partial charge on any atom is 0.226 e. The normalized spacial score (nSPS) is 16.1. The Hall–Kier alpha value is -3.22. The molecule has 1 atom stereocenters. The number of ether oxygens (including phenoxy) is 1. The summed E-state index contributed by atoms with van der Waals surface area (Å²) in [7, 11) is 1.56. The average Bonchev–Trinajstić information content (AvgIpc) is 3.07. The maximum absolute atomic E-state index is 14.3. The number of imidazole rings is 1. The first-order valence-electron chi connectivity index (χ1n) is 8.04. The lowest BCUT2D eigenvalue weighted by atomic mass is 9.89. The van der Waals surface area contributed by atoms with Gasteiger partial charge in [-0.3, -0.25) is 9.36 Å². The Morgan fingerprint density at radius 3 is 2.85 bits per heavy atom. The van der Waals surface area contributed by atoms with Gasteiger partial charge in [0.1, 0.15) is 17.9 Å². The highest BCUT2D eigenvalue weighted by Crippen LogP contribution is 2.38. The van der Waals surface area contributed by atoms with Crippen LogP contribution in [0.15, 0.2) is 48.8 Å². The number of carbonyl (C=O) groups is 1. The quantitative estimate of drug-likeness (QED) is 0.781. The van der Waals surface area contributed by atoms with Gasteiger partial charge in [-0.25, -0.2) is 13.8 Å². The fourth-order valence-electron chi connectivity index (χ4n) is 3.21. The third-order valence-electron chi connectivity index (χ3n) is 4.46. The van der Waals surface area contributed by atoms with E-state index in [1.165, 1.54) is 12.1 Å². The largest absolute Gasteiger partial charge is 0.497 e. The van der Waals surface area contributed by atoms with Gasteiger partial charge >= 0.3 is 0 Å². The molecule has 5 nitrogen and oxygen atoms in total. The van der Waals surface area contributed by atoms with Gasteiger partial charge in [0.15, 0.2) is 11.6 Å². The van der Waals surface area contributed by atoms with Gasteiger partial charge < -0.3 is 10.1 Å². The number of anilines is 1. The molecule has 0 spiro atoms. The molecular weight excluding hydrogens is 340 g/mol. The van der Waals surface area contributed by atoms with Crippen molar-refractivity contribution in [2.75, 3.05) is 12.4 Å². The van der Waals surface area contributed by atoms with Crippen LogP contribution in [-0.4, -0.2) is 22.6 Å². The number of methoxy groups -OCH3 is 1. The molecule has 1 aliphatic rings. The second kappa shape index (κ2) is 6.25. The molecule has 0 fully saturated rings. The summed E-state index contributed by atoms with van der Waals surface area (Å²) in [6.07, 6.45) is 1.55. The van der Waals surface area contributed by atoms with Crippen LogP contribution < -0.4 is 10.1 Å². The van der Waals surface area contributed by atoms with Crippen molar-refractivity contribution in [2.24, 2.45) is 0 Å². The van der Waals surface area contributed by atoms with Gasteiger partial charge in [-0.05, 0) is 18.2 Å². The lowest BCUT2D eigenvalue weighted by molar-refractivity contribution is -0.116. The van der Waals surface area contributed by atoms with E-state index in [-0.39, 0.29) is 17.9 Å². The average molecular weight is 355 g/mol. The predicted molar refractivity (Wildman–Crippen MR) is 91.6 cm³/mol. The number of amides is 1. The number of hydrogen-bond acceptors (Lipinski definition) is 3. The van der Waals surface area contributed by atoms with Gasteiger partial charge in [0.25, 0.3) is 0 Å². The van der Waals surface area contributed by atoms with Crippen LogP contribution in [0.25, 0.3) is 5.69 Å². The molecule has 0 saturated carbocycles. The highest BCUT2D eigenvalue weighted by molar-refractivity contribution is 5.94. The van der Waals surface area contributed by atoms with Crippen molar-refractivity contribution in [1.29, 1.82) is 0 Å². The smallest absolute Gasteiger partial charge is 0.226 e. The molecule has 1 aromatic heterocycles. The number of halogens is 2. The lowest BCUT2D eigenvalue weighted by Gasteiger charge is -2.23. The zero-order chi connectivity index (χ0) is 18.3. The SMILES string of the molecule is COc1cccc(-n2cnc3c2NC(=O)C[C@H]3c2cccc(F)c2F)c1. The Kier molecular flexibility index (Phi) is 3.91. The van der Waals surface area contributed by atoms with Gasteiger partial charge in [-0.15, -0.1) is 0 Å². The summed E-state index contributed by atoms with van der Waals surface area (Å²) in [6.45, 7) is 0. The second-order valence-electron chi connectivity index (χ2n) is 6.00. The molecule has 0 aliphatic carbocycles. The minimum absolute atomic E-state index is 0.00248. The van der Waals surface area contributed by atoms with Crippen molar-refractivity contribution in [1.82, 2.24) is 9.55 Å². The van der Waals surface area contributed by atoms with Crippen molar-refractivity contribution in [3.63, 3.8) is 0 Å². The van der Waals surface area contributed by atoms with Gasteiger partial charge in [0.05, 0.1) is 18.5 Å². The summed E-state index contributed by atoms with van der Waals surface area (Å²) >= 11 is 0. The highest BCUT2D eigenvalue weighted by Gasteiger charge is 2.33. The Bertz CT molecular complexity index is 1000. The van der Waals surface area contributed by atoms with E-state index >= 15 is 0 Å². The highest BCUT2D eigenvalue weighted by atomic mass is 19.2. The van der Waals surface area contributed by atoms with E-state index in [2.05, 4.69) is 10.3 Å². The van der Waals surface area contributed by atoms with Crippen LogP contribution in [0.5, 0.6) is 5.75 Å². The minimum Gasteiger partial charge on any atom is -0.497 e. The van der Waals surface area contributed by atoms with E-state index in [9.17, 15) is 13.6 Å². The summed E-state index contributed by atoms with van der Waals surface area (Å²) < 4.78 is 34.8. The van der Waals surface area contributed by atoms with Gasteiger partial charge in [-0.2, -0.15) is 0 Å². The van der Waals surface area contributed by atoms with E-state index in [1.54, 1.807) is 30.1 Å². The summed E-state index contributed by atoms with van der Waals surface area (Å²) in [4.78, 5) is 16.6. The number of hydrogen-bond donors (Lipinski definition) is 1. The van der Waals surface area contributed by atoms with Crippen molar-refractivity contribution in [3.05, 3.63) is 71.7 Å². The molecule has 0 bridgehead atoms. The molecule has 4 rings (SSSR count). The van der Waals surface area contributed by atoms with Crippen LogP contribution in [0, 0.1) is 11.6 Å². The van der Waals surface area contributed by atoms with E-state index in [4.69, 9.17) is 4.74 Å². The molecule has 132 valence electrons. The second-order valence-corrected chi connectivity index (χ2v) is 6.00. The molecule has 1 aliphatic heterocycles. The Labute approximate surface area is 148 Å². The van der Waals surface area contributed by atoms with Crippen LogP contribution in [0.3, 0.4) is 0 Å². The number of aromatic nitrogens is 2. The first-order chi connectivity index (χ1) is 12.6. The zero-order valence-electron chi connectivity index (χ0n) is 13.9. The van der Waals surface area contributed by atoms with E-state index in [0.717, 1.165) is 11.8 Å². The fraction of sp³-hybridized carbons (Fsp3) is 0.158. The molecule has 2 aromatic carbocycles. The Morgan fingerprint density at radius 1 is 1.23 bits per heavy atom. The van der Waals surface area contributed by atoms with Crippen molar-refractivity contribution >= 4 is 11.7 Å². The number of rotatable bonds is 3. The standard InChI is InChI=1S/C19H15F2N3O2/c1-26-12-5-2-4-11(8-12)24-10-22-18-14(9-16(25)23-19(18)24)13-6-3-7-15(20)17(13)21/h2-8,10,14H,9H2,1H3,(H,23,25)/t14-/m0/s1. The number of benzene rings is 2. The zero-order valence-corrected chi connectivity index (χ0v) is 13.9. The summed E-state index contributed by atoms with van der Waals surface area (Å²) in [5.41, 5.74) is 1.35. The number of nitrogens with one attached hydrogen (secondary N) is 1. The van der Waals surface area contributed by atoms with Crippen LogP contribution in [0.2, 0.25) is 0 Å². The summed E-state index contributed by atoms with van der Waals surface area (Å²) in [6, 6.07) is 11.2. The van der Waals surface area contributed by atoms with Crippen molar-refractivity contribution in [2.45, 2.75) is 12.3 Å². The summed E-state index contributed by atoms with van der Waals surface area (Å²) in [5, 5.41) is 2.78. The fourth-order valence-corrected chi connectivity index (χ4v) is 3.21. The minimum atomic E-state index is -0.950. The van der Waals surface area contributed by atoms with Crippen molar-refractivity contribution < 1.29 is 18.3 Å². The van der Waals surface area contributed by atoms with Crippen LogP contribution in [-0.2, 0) is 4.79 Å². The monoisotopic (exact) mass is 355 g/mol. The summed E-state index contributed by atoms with van der Waals surface area (Å²) in [5.74, 6) is -1.73. The molecule has 1 N–H and O–H groups in total. The Balaban J connectivity index is 1.84. The molecule has 1 amide bonds. The molecule has 0 radical (unpaired) electrons. The third-order valence-corrected chi connectivity index (χ3v) is 4.46. The molecular formula is C19H15F2N3O2. The first-order valence-corrected chi connectivity index (χ1v) is 8.04. The number of carbonyl (C=O) groups excluding carboxylic acids is 1. The maximum atomic E-state index is 14.3. The van der Waals surface area contributed by atoms with Crippen LogP contribution in [0.1, 0.15) is 23.6 Å². The van der Waals surface area contributed by atoms with Gasteiger partial charge in [0.2, 0.25) is 5.91 Å². The lowest BCUT2D eigenvalue weighted by Crippen LogP contribution is -2.25. The predicted octanol–water partition coefficient (Wildman–Crippen LogP) is 3.63. The first kappa shape index (κ1) is 16.3. The number of fused-ring (bicyclic) bond motifs is 1. The van der Waals surface area contributed by atoms with Crippen LogP contribution in [0.4, 0.5) is 14.6 Å². The molecule has 0 unspecified atom stereocenters. The van der Waals surface area contributed by atoms with Crippen LogP contribution >= 0.6 is 0 Å². The molecule has 26 heavy (non-hydrogen) atoms. The topological polar surface area (TPSA) is 56.1 Å². The van der Waals surface area contributed by atoms with Crippen molar-refractivity contribution in [3.8, 4) is 11.4 Å². The molecule has 7 heteroatoms. The Morgan fingerprint density at radius 2 is 2.04 bits per heavy atom. The van der Waals surface area contributed by atoms with Gasteiger partial charge in [0, 0.05) is 24.0 Å². The third kappa shape index (κ3) is 2.61. The molecule has 0 saturated heterocycles. The molecule has 2 heterocycles. The van der Waals surface area contributed by atoms with E-state index in [1.807, 2.05) is 12.1 Å². The van der Waals surface area contributed by atoms with E-state index in [0.29, 0.717) is 17.3 Å². The number of nitrogens with zero attached hydrogens (tertiary/aromatic N) is 2.